The minimum absolute atomic E-state index is 0.0861. The Morgan fingerprint density at radius 3 is 2.35 bits per heavy atom. The Kier molecular flexibility index (Phi) is 8.06. The van der Waals surface area contributed by atoms with E-state index >= 15 is 0 Å². The van der Waals surface area contributed by atoms with Gasteiger partial charge in [0.05, 0.1) is 4.90 Å². The van der Waals surface area contributed by atoms with Gasteiger partial charge in [-0.15, -0.1) is 0 Å². The second-order valence-corrected chi connectivity index (χ2v) is 9.73. The molecule has 1 aliphatic rings. The van der Waals surface area contributed by atoms with Crippen LogP contribution in [0.5, 0.6) is 0 Å². The predicted molar refractivity (Wildman–Crippen MR) is 127 cm³/mol. The third-order valence-electron chi connectivity index (χ3n) is 5.66. The Hall–Kier alpha value is -3.24. The molecule has 0 radical (unpaired) electrons. The number of nitrogens with zero attached hydrogens (tertiary/aromatic N) is 2. The van der Waals surface area contributed by atoms with E-state index in [0.717, 1.165) is 17.7 Å². The normalized spacial score (nSPS) is 13.9. The zero-order valence-corrected chi connectivity index (χ0v) is 20.3. The summed E-state index contributed by atoms with van der Waals surface area (Å²) in [4.78, 5) is 39.0. The molecule has 10 heteroatoms. The van der Waals surface area contributed by atoms with Crippen LogP contribution in [0.1, 0.15) is 36.7 Å². The van der Waals surface area contributed by atoms with Crippen LogP contribution in [0.25, 0.3) is 0 Å². The maximum Gasteiger partial charge on any atom is 0.326 e. The topological polar surface area (TPSA) is 113 Å². The number of benzene rings is 2. The van der Waals surface area contributed by atoms with E-state index in [0.29, 0.717) is 19.6 Å². The molecular weight excluding hydrogens is 458 g/mol. The summed E-state index contributed by atoms with van der Waals surface area (Å²) >= 11 is 0. The number of amides is 2. The Labute approximate surface area is 199 Å². The number of hydrogen-bond donors (Lipinski definition) is 1. The fraction of sp³-hybridized carbons (Fsp3) is 0.375. The summed E-state index contributed by atoms with van der Waals surface area (Å²) in [6.07, 6.45) is -0.256. The first-order chi connectivity index (χ1) is 16.2. The highest BCUT2D eigenvalue weighted by Crippen LogP contribution is 2.28. The van der Waals surface area contributed by atoms with Crippen LogP contribution in [-0.4, -0.2) is 62.8 Å². The number of carbonyl (C=O) groups excluding carboxylic acids is 3. The number of esters is 1. The summed E-state index contributed by atoms with van der Waals surface area (Å²) in [6.45, 7) is 5.78. The van der Waals surface area contributed by atoms with E-state index < -0.39 is 34.5 Å². The van der Waals surface area contributed by atoms with Gasteiger partial charge in [0, 0.05) is 30.9 Å². The van der Waals surface area contributed by atoms with Crippen molar-refractivity contribution in [3.63, 3.8) is 0 Å². The number of sulfonamides is 1. The van der Waals surface area contributed by atoms with Gasteiger partial charge in [-0.1, -0.05) is 32.0 Å². The van der Waals surface area contributed by atoms with Gasteiger partial charge < -0.3 is 15.0 Å². The lowest BCUT2D eigenvalue weighted by atomic mass is 10.2. The molecule has 0 bridgehead atoms. The van der Waals surface area contributed by atoms with Crippen LogP contribution < -0.4 is 10.2 Å². The van der Waals surface area contributed by atoms with Crippen molar-refractivity contribution in [1.82, 2.24) is 9.62 Å². The Balaban J connectivity index is 1.53. The fourth-order valence-electron chi connectivity index (χ4n) is 3.82. The van der Waals surface area contributed by atoms with Gasteiger partial charge in [0.1, 0.15) is 6.54 Å². The molecule has 34 heavy (non-hydrogen) atoms. The average molecular weight is 488 g/mol. The molecule has 2 aromatic rings. The number of carbonyl (C=O) groups is 3. The number of hydrogen-bond acceptors (Lipinski definition) is 6. The number of ether oxygens (including phenoxy) is 1. The standard InChI is InChI=1S/C24H29N3O6S/c1-4-26(5-2)34(31,32)20-12-10-19(11-13-20)23(29)25-16-22(28)33-17(3)24(30)27-15-14-18-8-6-7-9-21(18)27/h6-13,17H,4-5,14-16H2,1-3H3,(H,25,29). The van der Waals surface area contributed by atoms with Crippen LogP contribution in [0.4, 0.5) is 5.69 Å². The van der Waals surface area contributed by atoms with Gasteiger partial charge in [-0.25, -0.2) is 8.42 Å². The SMILES string of the molecule is CCN(CC)S(=O)(=O)c1ccc(C(=O)NCC(=O)OC(C)C(=O)N2CCc3ccccc32)cc1. The molecule has 0 aromatic heterocycles. The van der Waals surface area contributed by atoms with Crippen LogP contribution in [0.2, 0.25) is 0 Å². The first-order valence-electron chi connectivity index (χ1n) is 11.2. The van der Waals surface area contributed by atoms with Gasteiger partial charge in [0.2, 0.25) is 10.0 Å². The molecule has 0 saturated heterocycles. The second kappa shape index (κ2) is 10.8. The van der Waals surface area contributed by atoms with E-state index in [1.54, 1.807) is 18.7 Å². The minimum atomic E-state index is -3.63. The van der Waals surface area contributed by atoms with Gasteiger partial charge in [0.15, 0.2) is 6.10 Å². The number of nitrogens with one attached hydrogen (secondary N) is 1. The minimum Gasteiger partial charge on any atom is -0.451 e. The predicted octanol–water partition coefficient (Wildman–Crippen LogP) is 1.97. The van der Waals surface area contributed by atoms with Crippen LogP contribution in [0.15, 0.2) is 53.4 Å². The Morgan fingerprint density at radius 1 is 1.06 bits per heavy atom. The lowest BCUT2D eigenvalue weighted by Crippen LogP contribution is -2.41. The van der Waals surface area contributed by atoms with Crippen molar-refractivity contribution >= 4 is 33.5 Å². The largest absolute Gasteiger partial charge is 0.451 e. The lowest BCUT2D eigenvalue weighted by Gasteiger charge is -2.21. The van der Waals surface area contributed by atoms with Gasteiger partial charge in [-0.05, 0) is 49.2 Å². The zero-order valence-electron chi connectivity index (χ0n) is 19.5. The molecule has 0 spiro atoms. The molecular formula is C24H29N3O6S. The van der Waals surface area contributed by atoms with Crippen LogP contribution >= 0.6 is 0 Å². The first kappa shape index (κ1) is 25.4. The van der Waals surface area contributed by atoms with Crippen molar-refractivity contribution in [2.45, 2.75) is 38.2 Å². The maximum atomic E-state index is 12.7. The van der Waals surface area contributed by atoms with Crippen molar-refractivity contribution in [3.8, 4) is 0 Å². The van der Waals surface area contributed by atoms with Gasteiger partial charge in [0.25, 0.3) is 11.8 Å². The number of para-hydroxylation sites is 1. The van der Waals surface area contributed by atoms with E-state index in [9.17, 15) is 22.8 Å². The highest BCUT2D eigenvalue weighted by Gasteiger charge is 2.29. The van der Waals surface area contributed by atoms with E-state index in [-0.39, 0.29) is 16.4 Å². The third kappa shape index (κ3) is 5.45. The van der Waals surface area contributed by atoms with Gasteiger partial charge in [-0.2, -0.15) is 4.31 Å². The van der Waals surface area contributed by atoms with E-state index in [4.69, 9.17) is 4.74 Å². The summed E-state index contributed by atoms with van der Waals surface area (Å²) in [5.74, 6) is -1.63. The summed E-state index contributed by atoms with van der Waals surface area (Å²) < 4.78 is 31.6. The van der Waals surface area contributed by atoms with E-state index in [2.05, 4.69) is 5.32 Å². The van der Waals surface area contributed by atoms with Crippen molar-refractivity contribution in [1.29, 1.82) is 0 Å². The van der Waals surface area contributed by atoms with Crippen LogP contribution in [0, 0.1) is 0 Å². The maximum absolute atomic E-state index is 12.7. The molecule has 0 aliphatic carbocycles. The van der Waals surface area contributed by atoms with Crippen molar-refractivity contribution in [2.75, 3.05) is 31.1 Å². The molecule has 9 nitrogen and oxygen atoms in total. The summed E-state index contributed by atoms with van der Waals surface area (Å²) in [6, 6.07) is 13.1. The number of rotatable bonds is 9. The Bertz CT molecular complexity index is 1160. The molecule has 3 rings (SSSR count). The highest BCUT2D eigenvalue weighted by atomic mass is 32.2. The lowest BCUT2D eigenvalue weighted by molar-refractivity contribution is -0.152. The molecule has 1 N–H and O–H groups in total. The highest BCUT2D eigenvalue weighted by molar-refractivity contribution is 7.89. The molecule has 1 atom stereocenters. The average Bonchev–Trinajstić information content (AvgIpc) is 3.27. The monoisotopic (exact) mass is 487 g/mol. The smallest absolute Gasteiger partial charge is 0.326 e. The summed E-state index contributed by atoms with van der Waals surface area (Å²) in [5, 5.41) is 2.43. The van der Waals surface area contributed by atoms with Gasteiger partial charge in [-0.3, -0.25) is 14.4 Å². The molecule has 0 saturated carbocycles. The van der Waals surface area contributed by atoms with Crippen molar-refractivity contribution in [3.05, 3.63) is 59.7 Å². The zero-order chi connectivity index (χ0) is 24.9. The van der Waals surface area contributed by atoms with E-state index in [1.807, 2.05) is 24.3 Å². The number of fused-ring (bicyclic) bond motifs is 1. The molecule has 2 aromatic carbocycles. The quantitative estimate of drug-likeness (QED) is 0.541. The second-order valence-electron chi connectivity index (χ2n) is 7.80. The van der Waals surface area contributed by atoms with Crippen molar-refractivity contribution < 1.29 is 27.5 Å². The molecule has 1 heterocycles. The van der Waals surface area contributed by atoms with Gasteiger partial charge >= 0.3 is 5.97 Å². The van der Waals surface area contributed by atoms with Crippen molar-refractivity contribution in [2.24, 2.45) is 0 Å². The summed E-state index contributed by atoms with van der Waals surface area (Å²) in [7, 11) is -3.63. The molecule has 1 unspecified atom stereocenters. The fourth-order valence-corrected chi connectivity index (χ4v) is 5.28. The molecule has 0 fully saturated rings. The third-order valence-corrected chi connectivity index (χ3v) is 7.73. The summed E-state index contributed by atoms with van der Waals surface area (Å²) in [5.41, 5.74) is 2.08. The molecule has 1 aliphatic heterocycles. The molecule has 2 amide bonds. The number of anilines is 1. The molecule has 182 valence electrons. The first-order valence-corrected chi connectivity index (χ1v) is 12.6. The van der Waals surface area contributed by atoms with E-state index in [1.165, 1.54) is 35.5 Å². The van der Waals surface area contributed by atoms with Crippen LogP contribution in [0.3, 0.4) is 0 Å². The Morgan fingerprint density at radius 2 is 1.71 bits per heavy atom. The van der Waals surface area contributed by atoms with Crippen LogP contribution in [-0.2, 0) is 30.8 Å².